The summed E-state index contributed by atoms with van der Waals surface area (Å²) in [5.74, 6) is -3.99. The summed E-state index contributed by atoms with van der Waals surface area (Å²) in [5, 5.41) is 0. The minimum absolute atomic E-state index is 0.270. The SMILES string of the molecule is C[SiH2][SiH2]CC1CCC(c2ccc(C(=O)Oc3cc(F)c(F)c(F)c3)cc2)CC1. The van der Waals surface area contributed by atoms with Gasteiger partial charge in [-0.1, -0.05) is 37.6 Å². The molecule has 2 nitrogen and oxygen atoms in total. The molecule has 0 amide bonds. The van der Waals surface area contributed by atoms with Crippen LogP contribution in [-0.2, 0) is 0 Å². The van der Waals surface area contributed by atoms with Crippen LogP contribution in [0, 0.1) is 23.4 Å². The molecule has 2 aromatic rings. The number of hydrogen-bond donors (Lipinski definition) is 0. The molecule has 0 aliphatic heterocycles. The highest BCUT2D eigenvalue weighted by Crippen LogP contribution is 2.37. The van der Waals surface area contributed by atoms with E-state index < -0.39 is 23.4 Å². The summed E-state index contributed by atoms with van der Waals surface area (Å²) < 4.78 is 44.5. The number of carbonyl (C=O) groups excluding carboxylic acids is 1. The maximum atomic E-state index is 13.2. The van der Waals surface area contributed by atoms with Crippen molar-refractivity contribution >= 4 is 24.0 Å². The van der Waals surface area contributed by atoms with Crippen LogP contribution in [0.25, 0.3) is 0 Å². The minimum Gasteiger partial charge on any atom is -0.423 e. The Labute approximate surface area is 167 Å². The third-order valence-electron chi connectivity index (χ3n) is 5.60. The molecule has 1 saturated carbocycles. The average molecular weight is 423 g/mol. The number of benzene rings is 2. The van der Waals surface area contributed by atoms with Gasteiger partial charge in [0.25, 0.3) is 0 Å². The van der Waals surface area contributed by atoms with Gasteiger partial charge < -0.3 is 4.74 Å². The number of carbonyl (C=O) groups is 1. The van der Waals surface area contributed by atoms with E-state index in [9.17, 15) is 18.0 Å². The smallest absolute Gasteiger partial charge is 0.343 e. The van der Waals surface area contributed by atoms with Crippen LogP contribution in [0.5, 0.6) is 5.75 Å². The standard InChI is InChI=1S/C21H25F3O2Si2/c1-27-28-12-13-2-4-14(5-3-13)15-6-8-16(9-7-15)21(25)26-17-10-18(22)20(24)19(23)11-17/h6-11,13-14H,2-5,12,27-28H2,1H3. The van der Waals surface area contributed by atoms with Gasteiger partial charge in [0, 0.05) is 30.2 Å². The third kappa shape index (κ3) is 5.14. The van der Waals surface area contributed by atoms with E-state index in [2.05, 4.69) is 6.55 Å². The summed E-state index contributed by atoms with van der Waals surface area (Å²) in [4.78, 5) is 12.2. The van der Waals surface area contributed by atoms with Crippen molar-refractivity contribution in [3.8, 4) is 5.75 Å². The highest BCUT2D eigenvalue weighted by molar-refractivity contribution is 6.99. The Morgan fingerprint density at radius 1 is 1.04 bits per heavy atom. The van der Waals surface area contributed by atoms with Gasteiger partial charge in [-0.05, 0) is 42.4 Å². The van der Waals surface area contributed by atoms with E-state index in [-0.39, 0.29) is 14.8 Å². The van der Waals surface area contributed by atoms with E-state index in [1.54, 1.807) is 12.1 Å². The van der Waals surface area contributed by atoms with E-state index in [1.165, 1.54) is 37.3 Å². The lowest BCUT2D eigenvalue weighted by Gasteiger charge is -2.28. The van der Waals surface area contributed by atoms with E-state index in [1.807, 2.05) is 12.1 Å². The van der Waals surface area contributed by atoms with E-state index >= 15 is 0 Å². The van der Waals surface area contributed by atoms with Crippen molar-refractivity contribution < 1.29 is 22.7 Å². The van der Waals surface area contributed by atoms with Gasteiger partial charge in [0.05, 0.1) is 5.56 Å². The van der Waals surface area contributed by atoms with E-state index in [4.69, 9.17) is 4.74 Å². The zero-order valence-corrected chi connectivity index (χ0v) is 18.8. The topological polar surface area (TPSA) is 26.3 Å². The maximum Gasteiger partial charge on any atom is 0.343 e. The van der Waals surface area contributed by atoms with Crippen LogP contribution >= 0.6 is 0 Å². The van der Waals surface area contributed by atoms with Gasteiger partial charge in [-0.15, -0.1) is 0 Å². The first-order valence-electron chi connectivity index (χ1n) is 9.94. The predicted octanol–water partition coefficient (Wildman–Crippen LogP) is 4.32. The summed E-state index contributed by atoms with van der Waals surface area (Å²) in [6.07, 6.45) is 5.00. The highest BCUT2D eigenvalue weighted by Gasteiger charge is 2.22. The van der Waals surface area contributed by atoms with Gasteiger partial charge in [-0.25, -0.2) is 18.0 Å². The Hall–Kier alpha value is -1.87. The molecular formula is C21H25F3O2Si2. The quantitative estimate of drug-likeness (QED) is 0.300. The molecule has 1 aliphatic carbocycles. The number of hydrogen-bond acceptors (Lipinski definition) is 2. The molecule has 7 heteroatoms. The van der Waals surface area contributed by atoms with Gasteiger partial charge in [0.15, 0.2) is 17.5 Å². The maximum absolute atomic E-state index is 13.2. The Balaban J connectivity index is 1.59. The summed E-state index contributed by atoms with van der Waals surface area (Å²) in [6.45, 7) is 2.42. The summed E-state index contributed by atoms with van der Waals surface area (Å²) >= 11 is 0. The molecule has 3 rings (SSSR count). The normalized spacial score (nSPS) is 20.3. The Morgan fingerprint density at radius 3 is 2.21 bits per heavy atom. The molecule has 0 aromatic heterocycles. The number of esters is 1. The first kappa shape index (κ1) is 20.9. The van der Waals surface area contributed by atoms with E-state index in [0.29, 0.717) is 32.7 Å². The molecule has 0 radical (unpaired) electrons. The summed E-state index contributed by atoms with van der Waals surface area (Å²) in [5.41, 5.74) is 1.51. The first-order chi connectivity index (χ1) is 13.5. The Morgan fingerprint density at radius 2 is 1.64 bits per heavy atom. The van der Waals surface area contributed by atoms with Crippen molar-refractivity contribution in [3.63, 3.8) is 0 Å². The second-order valence-corrected chi connectivity index (χ2v) is 15.0. The van der Waals surface area contributed by atoms with Crippen molar-refractivity contribution in [1.82, 2.24) is 0 Å². The van der Waals surface area contributed by atoms with Crippen LogP contribution in [0.4, 0.5) is 13.2 Å². The van der Waals surface area contributed by atoms with E-state index in [0.717, 1.165) is 5.92 Å². The van der Waals surface area contributed by atoms with Crippen molar-refractivity contribution in [2.45, 2.75) is 44.2 Å². The van der Waals surface area contributed by atoms with Crippen LogP contribution in [0.15, 0.2) is 36.4 Å². The lowest BCUT2D eigenvalue weighted by Crippen LogP contribution is -2.16. The first-order valence-corrected chi connectivity index (χ1v) is 16.4. The lowest BCUT2D eigenvalue weighted by molar-refractivity contribution is 0.0733. The van der Waals surface area contributed by atoms with Crippen molar-refractivity contribution in [2.75, 3.05) is 0 Å². The van der Waals surface area contributed by atoms with Crippen molar-refractivity contribution in [1.29, 1.82) is 0 Å². The summed E-state index contributed by atoms with van der Waals surface area (Å²) in [7, 11) is 0.569. The van der Waals surface area contributed by atoms with Gasteiger partial charge in [-0.2, -0.15) is 0 Å². The molecule has 0 N–H and O–H groups in total. The molecule has 0 heterocycles. The van der Waals surface area contributed by atoms with Gasteiger partial charge in [0.2, 0.25) is 0 Å². The number of ether oxygens (including phenoxy) is 1. The molecular weight excluding hydrogens is 397 g/mol. The Bertz CT molecular complexity index is 796. The fourth-order valence-corrected chi connectivity index (χ4v) is 8.45. The fourth-order valence-electron chi connectivity index (χ4n) is 3.93. The molecule has 1 aliphatic rings. The highest BCUT2D eigenvalue weighted by atomic mass is 29.1. The van der Waals surface area contributed by atoms with Crippen LogP contribution in [0.1, 0.15) is 47.5 Å². The molecule has 150 valence electrons. The van der Waals surface area contributed by atoms with Gasteiger partial charge >= 0.3 is 5.97 Å². The minimum atomic E-state index is -1.59. The van der Waals surface area contributed by atoms with Crippen molar-refractivity contribution in [3.05, 3.63) is 65.0 Å². The van der Waals surface area contributed by atoms with Crippen LogP contribution in [-0.4, -0.2) is 24.0 Å². The molecule has 0 unspecified atom stereocenters. The fraction of sp³-hybridized carbons (Fsp3) is 0.381. The molecule has 2 aromatic carbocycles. The summed E-state index contributed by atoms with van der Waals surface area (Å²) in [6, 6.07) is 10.1. The molecule has 0 atom stereocenters. The third-order valence-corrected chi connectivity index (χ3v) is 10.9. The lowest BCUT2D eigenvalue weighted by atomic mass is 9.79. The van der Waals surface area contributed by atoms with Crippen molar-refractivity contribution in [2.24, 2.45) is 5.92 Å². The van der Waals surface area contributed by atoms with Crippen LogP contribution in [0.2, 0.25) is 12.6 Å². The van der Waals surface area contributed by atoms with Gasteiger partial charge in [-0.3, -0.25) is 0 Å². The van der Waals surface area contributed by atoms with Gasteiger partial charge in [0.1, 0.15) is 5.75 Å². The number of rotatable bonds is 6. The molecule has 28 heavy (non-hydrogen) atoms. The predicted molar refractivity (Wildman–Crippen MR) is 110 cm³/mol. The van der Waals surface area contributed by atoms with Crippen LogP contribution < -0.4 is 4.74 Å². The monoisotopic (exact) mass is 422 g/mol. The second kappa shape index (κ2) is 9.56. The second-order valence-electron chi connectivity index (χ2n) is 7.57. The number of halogens is 3. The zero-order valence-electron chi connectivity index (χ0n) is 16.0. The Kier molecular flexibility index (Phi) is 7.12. The zero-order chi connectivity index (χ0) is 20.1. The molecule has 1 fully saturated rings. The molecule has 0 spiro atoms. The largest absolute Gasteiger partial charge is 0.423 e. The molecule has 0 bridgehead atoms. The van der Waals surface area contributed by atoms with Crippen LogP contribution in [0.3, 0.4) is 0 Å². The average Bonchev–Trinajstić information content (AvgIpc) is 2.71. The molecule has 0 saturated heterocycles.